The van der Waals surface area contributed by atoms with Crippen LogP contribution in [0.3, 0.4) is 0 Å². The van der Waals surface area contributed by atoms with Crippen molar-refractivity contribution >= 4 is 23.5 Å². The van der Waals surface area contributed by atoms with Gasteiger partial charge in [-0.3, -0.25) is 4.79 Å². The van der Waals surface area contributed by atoms with Gasteiger partial charge in [-0.2, -0.15) is 15.0 Å². The first-order valence-corrected chi connectivity index (χ1v) is 11.7. The van der Waals surface area contributed by atoms with Crippen LogP contribution in [-0.2, 0) is 13.0 Å². The fraction of sp³-hybridized carbons (Fsp3) is 0.417. The van der Waals surface area contributed by atoms with Crippen molar-refractivity contribution in [3.63, 3.8) is 0 Å². The molecule has 0 aliphatic carbocycles. The van der Waals surface area contributed by atoms with Gasteiger partial charge in [-0.05, 0) is 54.1 Å². The van der Waals surface area contributed by atoms with Crippen LogP contribution < -0.4 is 25.2 Å². The molecule has 0 radical (unpaired) electrons. The van der Waals surface area contributed by atoms with E-state index in [1.54, 1.807) is 20.3 Å². The van der Waals surface area contributed by atoms with Gasteiger partial charge in [-0.1, -0.05) is 12.1 Å². The van der Waals surface area contributed by atoms with E-state index < -0.39 is 0 Å². The molecule has 3 aromatic rings. The summed E-state index contributed by atoms with van der Waals surface area (Å²) in [4.78, 5) is 27.7. The summed E-state index contributed by atoms with van der Waals surface area (Å²) in [5.41, 5.74) is 2.26. The van der Waals surface area contributed by atoms with Gasteiger partial charge in [0.25, 0.3) is 5.56 Å². The minimum absolute atomic E-state index is 0.0739. The van der Waals surface area contributed by atoms with Crippen LogP contribution in [0.25, 0.3) is 0 Å². The van der Waals surface area contributed by atoms with Crippen LogP contribution in [0.2, 0.25) is 5.28 Å². The molecule has 0 amide bonds. The predicted molar refractivity (Wildman–Crippen MR) is 130 cm³/mol. The highest BCUT2D eigenvalue weighted by atomic mass is 35.5. The van der Waals surface area contributed by atoms with Crippen molar-refractivity contribution in [1.29, 1.82) is 0 Å². The summed E-state index contributed by atoms with van der Waals surface area (Å²) < 4.78 is 12.6. The van der Waals surface area contributed by atoms with Gasteiger partial charge in [0.05, 0.1) is 14.2 Å². The third-order valence-corrected chi connectivity index (χ3v) is 6.67. The zero-order valence-corrected chi connectivity index (χ0v) is 20.0. The summed E-state index contributed by atoms with van der Waals surface area (Å²) in [6.45, 7) is 2.86. The lowest BCUT2D eigenvalue weighted by Crippen LogP contribution is -2.47. The standard InChI is InChI=1S/C24H27ClN6O3/c1-33-19-7-6-15(11-20(19)34-2)8-9-26-23-27-22(25)28-24(29-23)30-12-16-10-17(14-30)18-4-3-5-21(32)31(18)13-16/h3-7,11,16-17H,8-10,12-14H2,1-2H3,(H,26,27,28,29). The van der Waals surface area contributed by atoms with Gasteiger partial charge in [0.2, 0.25) is 17.2 Å². The smallest absolute Gasteiger partial charge is 0.250 e. The molecule has 2 aliphatic heterocycles. The second kappa shape index (κ2) is 9.50. The van der Waals surface area contributed by atoms with Crippen LogP contribution in [0.5, 0.6) is 11.5 Å². The van der Waals surface area contributed by atoms with Gasteiger partial charge in [0.1, 0.15) is 0 Å². The van der Waals surface area contributed by atoms with Crippen molar-refractivity contribution in [3.8, 4) is 11.5 Å². The maximum atomic E-state index is 12.3. The van der Waals surface area contributed by atoms with Gasteiger partial charge in [-0.15, -0.1) is 0 Å². The van der Waals surface area contributed by atoms with Crippen molar-refractivity contribution in [3.05, 3.63) is 63.3 Å². The van der Waals surface area contributed by atoms with Crippen molar-refractivity contribution in [1.82, 2.24) is 19.5 Å². The van der Waals surface area contributed by atoms with Crippen LogP contribution in [-0.4, -0.2) is 53.4 Å². The Hall–Kier alpha value is -3.33. The molecule has 1 saturated heterocycles. The van der Waals surface area contributed by atoms with Gasteiger partial charge >= 0.3 is 0 Å². The quantitative estimate of drug-likeness (QED) is 0.549. The minimum atomic E-state index is 0.0739. The Kier molecular flexibility index (Phi) is 6.28. The van der Waals surface area contributed by atoms with Crippen molar-refractivity contribution in [2.75, 3.05) is 44.1 Å². The van der Waals surface area contributed by atoms with Gasteiger partial charge in [0, 0.05) is 43.9 Å². The topological polar surface area (TPSA) is 94.4 Å². The molecular weight excluding hydrogens is 456 g/mol. The minimum Gasteiger partial charge on any atom is -0.493 e. The van der Waals surface area contributed by atoms with Crippen LogP contribution in [0, 0.1) is 5.92 Å². The van der Waals surface area contributed by atoms with Crippen LogP contribution in [0.1, 0.15) is 23.6 Å². The van der Waals surface area contributed by atoms with E-state index in [1.807, 2.05) is 34.9 Å². The third-order valence-electron chi connectivity index (χ3n) is 6.50. The highest BCUT2D eigenvalue weighted by Gasteiger charge is 2.35. The number of pyridine rings is 1. The molecule has 4 heterocycles. The molecule has 0 spiro atoms. The molecule has 178 valence electrons. The summed E-state index contributed by atoms with van der Waals surface area (Å²) in [5.74, 6) is 3.04. The molecule has 2 aromatic heterocycles. The Morgan fingerprint density at radius 3 is 2.74 bits per heavy atom. The zero-order valence-electron chi connectivity index (χ0n) is 19.2. The number of aromatic nitrogens is 4. The van der Waals surface area contributed by atoms with Gasteiger partial charge in [-0.25, -0.2) is 0 Å². The highest BCUT2D eigenvalue weighted by Crippen LogP contribution is 2.36. The lowest BCUT2D eigenvalue weighted by Gasteiger charge is -2.42. The predicted octanol–water partition coefficient (Wildman–Crippen LogP) is 2.98. The summed E-state index contributed by atoms with van der Waals surface area (Å²) in [6.07, 6.45) is 1.81. The van der Waals surface area contributed by atoms with Gasteiger partial charge < -0.3 is 24.3 Å². The van der Waals surface area contributed by atoms with E-state index in [4.69, 9.17) is 21.1 Å². The number of fused-ring (bicyclic) bond motifs is 4. The number of ether oxygens (including phenoxy) is 2. The maximum Gasteiger partial charge on any atom is 0.250 e. The van der Waals surface area contributed by atoms with Crippen LogP contribution in [0.4, 0.5) is 11.9 Å². The molecule has 1 aromatic carbocycles. The average molecular weight is 483 g/mol. The molecule has 2 unspecified atom stereocenters. The summed E-state index contributed by atoms with van der Waals surface area (Å²) in [6, 6.07) is 11.4. The lowest BCUT2D eigenvalue weighted by atomic mass is 9.83. The van der Waals surface area contributed by atoms with E-state index in [-0.39, 0.29) is 16.8 Å². The van der Waals surface area contributed by atoms with Crippen molar-refractivity contribution in [2.24, 2.45) is 5.92 Å². The Morgan fingerprint density at radius 2 is 1.91 bits per heavy atom. The largest absolute Gasteiger partial charge is 0.493 e. The molecular formula is C24H27ClN6O3. The van der Waals surface area contributed by atoms with Gasteiger partial charge in [0.15, 0.2) is 11.5 Å². The Morgan fingerprint density at radius 1 is 1.06 bits per heavy atom. The lowest BCUT2D eigenvalue weighted by molar-refractivity contribution is 0.279. The molecule has 0 saturated carbocycles. The molecule has 2 atom stereocenters. The molecule has 2 aliphatic rings. The van der Waals surface area contributed by atoms with Crippen molar-refractivity contribution < 1.29 is 9.47 Å². The maximum absolute atomic E-state index is 12.3. The van der Waals surface area contributed by atoms with E-state index in [0.29, 0.717) is 35.9 Å². The number of hydrogen-bond donors (Lipinski definition) is 1. The molecule has 1 fully saturated rings. The first-order chi connectivity index (χ1) is 16.5. The molecule has 5 rings (SSSR count). The number of halogens is 1. The summed E-state index contributed by atoms with van der Waals surface area (Å²) in [7, 11) is 3.25. The van der Waals surface area contributed by atoms with Crippen LogP contribution >= 0.6 is 11.6 Å². The molecule has 34 heavy (non-hydrogen) atoms. The van der Waals surface area contributed by atoms with Crippen LogP contribution in [0.15, 0.2) is 41.2 Å². The summed E-state index contributed by atoms with van der Waals surface area (Å²) >= 11 is 6.26. The number of hydrogen-bond acceptors (Lipinski definition) is 8. The van der Waals surface area contributed by atoms with E-state index in [1.165, 1.54) is 0 Å². The monoisotopic (exact) mass is 482 g/mol. The fourth-order valence-electron chi connectivity index (χ4n) is 4.97. The highest BCUT2D eigenvalue weighted by molar-refractivity contribution is 6.28. The number of benzene rings is 1. The second-order valence-corrected chi connectivity index (χ2v) is 9.04. The SMILES string of the molecule is COc1ccc(CCNc2nc(Cl)nc(N3CC4CC(C3)c3cccc(=O)n3C4)n2)cc1OC. The molecule has 1 N–H and O–H groups in total. The Bertz CT molecular complexity index is 1250. The zero-order chi connectivity index (χ0) is 23.7. The first-order valence-electron chi connectivity index (χ1n) is 11.3. The first kappa shape index (κ1) is 22.5. The third kappa shape index (κ3) is 4.52. The molecule has 10 heteroatoms. The number of rotatable bonds is 7. The Balaban J connectivity index is 1.28. The fourth-order valence-corrected chi connectivity index (χ4v) is 5.13. The van der Waals surface area contributed by atoms with E-state index in [0.717, 1.165) is 43.7 Å². The normalized spacial score (nSPS) is 18.9. The van der Waals surface area contributed by atoms with E-state index >= 15 is 0 Å². The average Bonchev–Trinajstić information content (AvgIpc) is 2.84. The van der Waals surface area contributed by atoms with Crippen molar-refractivity contribution in [2.45, 2.75) is 25.3 Å². The molecule has 2 bridgehead atoms. The van der Waals surface area contributed by atoms with E-state index in [2.05, 4.69) is 25.2 Å². The summed E-state index contributed by atoms with van der Waals surface area (Å²) in [5, 5.41) is 3.42. The second-order valence-electron chi connectivity index (χ2n) is 8.70. The number of nitrogens with zero attached hydrogens (tertiary/aromatic N) is 5. The Labute approximate surface area is 202 Å². The number of anilines is 2. The number of methoxy groups -OCH3 is 2. The molecule has 9 nitrogen and oxygen atoms in total. The van der Waals surface area contributed by atoms with E-state index in [9.17, 15) is 4.79 Å². The number of nitrogens with one attached hydrogen (secondary N) is 1. The number of piperidine rings is 1.